The van der Waals surface area contributed by atoms with Gasteiger partial charge in [0.2, 0.25) is 0 Å². The smallest absolute Gasteiger partial charge is 0.199 e. The third kappa shape index (κ3) is 5.02. The normalized spacial score (nSPS) is 17.4. The Morgan fingerprint density at radius 2 is 1.89 bits per heavy atom. The van der Waals surface area contributed by atoms with Crippen LogP contribution in [-0.2, 0) is 16.1 Å². The summed E-state index contributed by atoms with van der Waals surface area (Å²) in [5.41, 5.74) is 3.87. The lowest BCUT2D eigenvalue weighted by Crippen LogP contribution is -2.23. The zero-order valence-electron chi connectivity index (χ0n) is 16.9. The van der Waals surface area contributed by atoms with E-state index in [1.165, 1.54) is 5.56 Å². The van der Waals surface area contributed by atoms with E-state index in [1.807, 2.05) is 49.5 Å². The number of aldehydes is 1. The van der Waals surface area contributed by atoms with Gasteiger partial charge in [0.05, 0.1) is 6.61 Å². The molecule has 148 valence electrons. The number of carbonyl (C=O) groups excluding carboxylic acids is 1. The zero-order chi connectivity index (χ0) is 19.9. The Morgan fingerprint density at radius 3 is 2.46 bits per heavy atom. The first kappa shape index (κ1) is 20.2. The fraction of sp³-hybridized carbons (Fsp3) is 0.375. The molecule has 0 amide bonds. The van der Waals surface area contributed by atoms with E-state index in [1.54, 1.807) is 0 Å². The maximum Gasteiger partial charge on any atom is 0.199 e. The molecule has 2 aromatic rings. The maximum atomic E-state index is 12.0. The second kappa shape index (κ2) is 9.56. The van der Waals surface area contributed by atoms with E-state index in [4.69, 9.17) is 9.47 Å². The van der Waals surface area contributed by atoms with Gasteiger partial charge in [-0.25, -0.2) is 0 Å². The first-order valence-electron chi connectivity index (χ1n) is 9.91. The minimum atomic E-state index is -0.157. The van der Waals surface area contributed by atoms with Crippen LogP contribution < -0.4 is 4.74 Å². The van der Waals surface area contributed by atoms with Crippen LogP contribution in [0.15, 0.2) is 60.3 Å². The van der Waals surface area contributed by atoms with Gasteiger partial charge in [0.15, 0.2) is 12.6 Å². The van der Waals surface area contributed by atoms with Crippen LogP contribution in [0, 0.1) is 5.92 Å². The lowest BCUT2D eigenvalue weighted by molar-refractivity contribution is -0.103. The molecule has 2 aromatic carbocycles. The van der Waals surface area contributed by atoms with Crippen molar-refractivity contribution in [3.8, 4) is 5.75 Å². The van der Waals surface area contributed by atoms with E-state index in [-0.39, 0.29) is 12.2 Å². The number of allylic oxidation sites excluding steroid dienone is 2. The van der Waals surface area contributed by atoms with Crippen molar-refractivity contribution >= 4 is 11.9 Å². The van der Waals surface area contributed by atoms with Crippen molar-refractivity contribution in [2.75, 3.05) is 13.7 Å². The highest BCUT2D eigenvalue weighted by Crippen LogP contribution is 2.28. The van der Waals surface area contributed by atoms with Crippen molar-refractivity contribution in [3.63, 3.8) is 0 Å². The Labute approximate surface area is 167 Å². The molecule has 0 bridgehead atoms. The molecule has 0 aliphatic carbocycles. The van der Waals surface area contributed by atoms with Crippen molar-refractivity contribution < 1.29 is 14.3 Å². The molecule has 1 atom stereocenters. The Hall–Kier alpha value is -2.59. The van der Waals surface area contributed by atoms with Gasteiger partial charge < -0.3 is 14.4 Å². The highest BCUT2D eigenvalue weighted by Gasteiger charge is 2.19. The summed E-state index contributed by atoms with van der Waals surface area (Å²) in [7, 11) is 2.04. The molecule has 0 spiro atoms. The van der Waals surface area contributed by atoms with Crippen LogP contribution in [-0.4, -0.2) is 31.1 Å². The summed E-state index contributed by atoms with van der Waals surface area (Å²) in [5.74, 6) is 0.987. The van der Waals surface area contributed by atoms with Crippen molar-refractivity contribution in [1.82, 2.24) is 4.90 Å². The number of ether oxygens (including phenoxy) is 2. The fourth-order valence-electron chi connectivity index (χ4n) is 3.68. The van der Waals surface area contributed by atoms with Crippen LogP contribution in [0.2, 0.25) is 0 Å². The standard InChI is InChI=1S/C24H29NO3/c1-18(2)24(25(3)16-19-8-5-4-6-9-19)22(17-26)20-11-13-21(14-12-20)28-23-10-7-15-27-23/h4-6,8-9,11-14,17-18,23H,7,10,15-16H2,1-3H3/b24-22-. The van der Waals surface area contributed by atoms with Crippen molar-refractivity contribution in [3.05, 3.63) is 71.4 Å². The minimum absolute atomic E-state index is 0.157. The number of carbonyl (C=O) groups is 1. The molecule has 4 nitrogen and oxygen atoms in total. The second-order valence-electron chi connectivity index (χ2n) is 7.50. The predicted octanol–water partition coefficient (Wildman–Crippen LogP) is 4.90. The highest BCUT2D eigenvalue weighted by atomic mass is 16.7. The summed E-state index contributed by atoms with van der Waals surface area (Å²) in [6.07, 6.45) is 2.76. The van der Waals surface area contributed by atoms with Gasteiger partial charge in [-0.2, -0.15) is 0 Å². The van der Waals surface area contributed by atoms with Gasteiger partial charge in [-0.3, -0.25) is 4.79 Å². The Bertz CT molecular complexity index is 790. The number of hydrogen-bond donors (Lipinski definition) is 0. The number of rotatable bonds is 8. The van der Waals surface area contributed by atoms with Crippen LogP contribution >= 0.6 is 0 Å². The minimum Gasteiger partial charge on any atom is -0.465 e. The van der Waals surface area contributed by atoms with E-state index in [0.717, 1.165) is 54.9 Å². The molecule has 0 aromatic heterocycles. The molecule has 1 aliphatic heterocycles. The molecule has 1 heterocycles. The summed E-state index contributed by atoms with van der Waals surface area (Å²) < 4.78 is 11.4. The molecule has 0 saturated carbocycles. The molecule has 0 radical (unpaired) electrons. The monoisotopic (exact) mass is 379 g/mol. The van der Waals surface area contributed by atoms with Crippen molar-refractivity contribution in [1.29, 1.82) is 0 Å². The molecular formula is C24H29NO3. The topological polar surface area (TPSA) is 38.8 Å². The van der Waals surface area contributed by atoms with E-state index in [0.29, 0.717) is 0 Å². The van der Waals surface area contributed by atoms with Crippen LogP contribution in [0.3, 0.4) is 0 Å². The van der Waals surface area contributed by atoms with Crippen LogP contribution in [0.25, 0.3) is 5.57 Å². The molecule has 28 heavy (non-hydrogen) atoms. The predicted molar refractivity (Wildman–Crippen MR) is 112 cm³/mol. The van der Waals surface area contributed by atoms with Crippen LogP contribution in [0.1, 0.15) is 37.8 Å². The Morgan fingerprint density at radius 1 is 1.18 bits per heavy atom. The van der Waals surface area contributed by atoms with Gasteiger partial charge >= 0.3 is 0 Å². The average molecular weight is 380 g/mol. The average Bonchev–Trinajstić information content (AvgIpc) is 3.20. The molecule has 1 saturated heterocycles. The maximum absolute atomic E-state index is 12.0. The highest BCUT2D eigenvalue weighted by molar-refractivity contribution is 6.08. The molecule has 3 rings (SSSR count). The van der Waals surface area contributed by atoms with E-state index in [2.05, 4.69) is 30.9 Å². The molecule has 1 fully saturated rings. The Kier molecular flexibility index (Phi) is 6.88. The molecule has 4 heteroatoms. The van der Waals surface area contributed by atoms with Gasteiger partial charge in [-0.15, -0.1) is 0 Å². The number of hydrogen-bond acceptors (Lipinski definition) is 4. The van der Waals surface area contributed by atoms with Gasteiger partial charge in [0.1, 0.15) is 5.75 Å². The fourth-order valence-corrected chi connectivity index (χ4v) is 3.68. The van der Waals surface area contributed by atoms with Gasteiger partial charge in [0, 0.05) is 31.3 Å². The molecule has 1 unspecified atom stereocenters. The van der Waals surface area contributed by atoms with Crippen molar-refractivity contribution in [2.24, 2.45) is 5.92 Å². The number of nitrogens with zero attached hydrogens (tertiary/aromatic N) is 1. The number of benzene rings is 2. The van der Waals surface area contributed by atoms with E-state index in [9.17, 15) is 4.79 Å². The van der Waals surface area contributed by atoms with Crippen LogP contribution in [0.5, 0.6) is 5.75 Å². The molecule has 1 aliphatic rings. The van der Waals surface area contributed by atoms with Gasteiger partial charge in [-0.1, -0.05) is 56.3 Å². The zero-order valence-corrected chi connectivity index (χ0v) is 16.9. The molecule has 0 N–H and O–H groups in total. The lowest BCUT2D eigenvalue weighted by Gasteiger charge is -2.28. The van der Waals surface area contributed by atoms with Gasteiger partial charge in [-0.05, 0) is 35.6 Å². The third-order valence-electron chi connectivity index (χ3n) is 4.94. The van der Waals surface area contributed by atoms with E-state index < -0.39 is 0 Å². The first-order valence-corrected chi connectivity index (χ1v) is 9.91. The summed E-state index contributed by atoms with van der Waals surface area (Å²) in [6.45, 7) is 5.75. The summed E-state index contributed by atoms with van der Waals surface area (Å²) >= 11 is 0. The summed E-state index contributed by atoms with van der Waals surface area (Å²) in [6, 6.07) is 18.0. The lowest BCUT2D eigenvalue weighted by atomic mass is 9.97. The van der Waals surface area contributed by atoms with Crippen molar-refractivity contribution in [2.45, 2.75) is 39.5 Å². The first-order chi connectivity index (χ1) is 13.6. The van der Waals surface area contributed by atoms with E-state index >= 15 is 0 Å². The molecular weight excluding hydrogens is 350 g/mol. The van der Waals surface area contributed by atoms with Crippen LogP contribution in [0.4, 0.5) is 0 Å². The second-order valence-corrected chi connectivity index (χ2v) is 7.50. The summed E-state index contributed by atoms with van der Waals surface area (Å²) in [4.78, 5) is 14.2. The van der Waals surface area contributed by atoms with Gasteiger partial charge in [0.25, 0.3) is 0 Å². The summed E-state index contributed by atoms with van der Waals surface area (Å²) in [5, 5.41) is 0. The third-order valence-corrected chi connectivity index (χ3v) is 4.94. The Balaban J connectivity index is 1.83. The SMILES string of the molecule is CC(C)/C(=C(\C=O)c1ccc(OC2CCCO2)cc1)N(C)Cc1ccccc1. The quantitative estimate of drug-likeness (QED) is 0.483. The largest absolute Gasteiger partial charge is 0.465 e.